The highest BCUT2D eigenvalue weighted by Crippen LogP contribution is 2.32. The Labute approximate surface area is 194 Å². The first-order chi connectivity index (χ1) is 15.9. The Kier molecular flexibility index (Phi) is 7.03. The van der Waals surface area contributed by atoms with Gasteiger partial charge in [0, 0.05) is 17.9 Å². The normalized spacial score (nSPS) is 11.5. The molecule has 0 saturated heterocycles. The van der Waals surface area contributed by atoms with Gasteiger partial charge in [-0.1, -0.05) is 60.3 Å². The van der Waals surface area contributed by atoms with E-state index in [-0.39, 0.29) is 0 Å². The molecule has 0 spiro atoms. The zero-order valence-corrected chi connectivity index (χ0v) is 18.7. The van der Waals surface area contributed by atoms with Crippen LogP contribution in [0.15, 0.2) is 84.0 Å². The number of nitrogens with zero attached hydrogens (tertiary/aromatic N) is 3. The predicted octanol–water partition coefficient (Wildman–Crippen LogP) is 6.51. The second-order valence-corrected chi connectivity index (χ2v) is 8.35. The summed E-state index contributed by atoms with van der Waals surface area (Å²) in [5, 5.41) is 9.41. The third-order valence-corrected chi connectivity index (χ3v) is 6.19. The van der Waals surface area contributed by atoms with Crippen LogP contribution in [0.25, 0.3) is 11.4 Å². The minimum absolute atomic E-state index is 0.357. The molecule has 0 aliphatic rings. The van der Waals surface area contributed by atoms with Crippen molar-refractivity contribution in [3.63, 3.8) is 0 Å². The van der Waals surface area contributed by atoms with Gasteiger partial charge in [-0.25, -0.2) is 0 Å². The third kappa shape index (κ3) is 5.76. The van der Waals surface area contributed by atoms with Crippen molar-refractivity contribution < 1.29 is 17.9 Å². The van der Waals surface area contributed by atoms with E-state index in [4.69, 9.17) is 4.74 Å². The molecule has 0 radical (unpaired) electrons. The van der Waals surface area contributed by atoms with Crippen molar-refractivity contribution in [2.75, 3.05) is 7.11 Å². The average molecular weight is 470 g/mol. The van der Waals surface area contributed by atoms with Crippen molar-refractivity contribution >= 4 is 11.8 Å². The van der Waals surface area contributed by atoms with Crippen LogP contribution in [0.2, 0.25) is 0 Å². The van der Waals surface area contributed by atoms with Crippen molar-refractivity contribution in [2.45, 2.75) is 30.1 Å². The lowest BCUT2D eigenvalue weighted by Gasteiger charge is -2.12. The summed E-state index contributed by atoms with van der Waals surface area (Å²) < 4.78 is 46.4. The number of ether oxygens (including phenoxy) is 1. The Balaban J connectivity index is 1.59. The van der Waals surface area contributed by atoms with Crippen molar-refractivity contribution in [3.05, 3.63) is 95.6 Å². The van der Waals surface area contributed by atoms with Crippen LogP contribution in [0.1, 0.15) is 16.7 Å². The molecule has 1 heterocycles. The summed E-state index contributed by atoms with van der Waals surface area (Å²) >= 11 is 1.38. The van der Waals surface area contributed by atoms with Gasteiger partial charge >= 0.3 is 6.18 Å². The molecule has 8 heteroatoms. The first-order valence-corrected chi connectivity index (χ1v) is 11.3. The Morgan fingerprint density at radius 2 is 1.61 bits per heavy atom. The molecule has 0 N–H and O–H groups in total. The minimum atomic E-state index is -4.36. The van der Waals surface area contributed by atoms with Crippen molar-refractivity contribution in [1.29, 1.82) is 0 Å². The monoisotopic (exact) mass is 469 g/mol. The van der Waals surface area contributed by atoms with Crippen molar-refractivity contribution in [3.8, 4) is 17.1 Å². The Hall–Kier alpha value is -3.26. The highest BCUT2D eigenvalue weighted by atomic mass is 32.2. The van der Waals surface area contributed by atoms with Gasteiger partial charge in [-0.3, -0.25) is 0 Å². The van der Waals surface area contributed by atoms with Gasteiger partial charge in [0.25, 0.3) is 0 Å². The summed E-state index contributed by atoms with van der Waals surface area (Å²) in [6.45, 7) is 0.642. The number of hydrogen-bond acceptors (Lipinski definition) is 4. The lowest BCUT2D eigenvalue weighted by molar-refractivity contribution is -0.137. The molecular weight excluding hydrogens is 447 g/mol. The molecule has 33 heavy (non-hydrogen) atoms. The molecule has 0 fully saturated rings. The summed E-state index contributed by atoms with van der Waals surface area (Å²) in [6, 6.07) is 23.0. The topological polar surface area (TPSA) is 39.9 Å². The van der Waals surface area contributed by atoms with Gasteiger partial charge in [0.1, 0.15) is 5.75 Å². The van der Waals surface area contributed by atoms with Crippen molar-refractivity contribution in [2.24, 2.45) is 0 Å². The van der Waals surface area contributed by atoms with E-state index in [2.05, 4.69) is 22.3 Å². The fourth-order valence-electron chi connectivity index (χ4n) is 3.42. The number of methoxy groups -OCH3 is 1. The van der Waals surface area contributed by atoms with E-state index in [1.807, 2.05) is 47.0 Å². The van der Waals surface area contributed by atoms with Crippen LogP contribution in [0.4, 0.5) is 13.2 Å². The SMILES string of the molecule is COc1ccc(-c2nnc(SCc3cccc(C(F)(F)F)c3)n2CCc2ccccc2)cc1. The summed E-state index contributed by atoms with van der Waals surface area (Å²) in [7, 11) is 1.61. The van der Waals surface area contributed by atoms with Crippen LogP contribution in [0.5, 0.6) is 5.75 Å². The number of benzene rings is 3. The summed E-state index contributed by atoms with van der Waals surface area (Å²) in [5.41, 5.74) is 2.01. The molecule has 0 aliphatic carbocycles. The molecule has 4 aromatic rings. The Morgan fingerprint density at radius 1 is 0.879 bits per heavy atom. The first kappa shape index (κ1) is 22.9. The fourth-order valence-corrected chi connectivity index (χ4v) is 4.33. The molecule has 0 aliphatic heterocycles. The standard InChI is InChI=1S/C25H22F3N3OS/c1-32-22-12-10-20(11-13-22)23-29-30-24(31(23)15-14-18-6-3-2-4-7-18)33-17-19-8-5-9-21(16-19)25(26,27)28/h2-13,16H,14-15,17H2,1H3. The first-order valence-electron chi connectivity index (χ1n) is 10.3. The summed E-state index contributed by atoms with van der Waals surface area (Å²) in [4.78, 5) is 0. The van der Waals surface area contributed by atoms with Gasteiger partial charge in [0.15, 0.2) is 11.0 Å². The number of halogens is 3. The molecule has 4 rings (SSSR count). The van der Waals surface area contributed by atoms with E-state index in [9.17, 15) is 13.2 Å². The third-order valence-electron chi connectivity index (χ3n) is 5.15. The highest BCUT2D eigenvalue weighted by molar-refractivity contribution is 7.98. The number of aromatic nitrogens is 3. The van der Waals surface area contributed by atoms with E-state index in [1.165, 1.54) is 29.5 Å². The fraction of sp³-hybridized carbons (Fsp3) is 0.200. The van der Waals surface area contributed by atoms with Crippen LogP contribution < -0.4 is 4.74 Å². The van der Waals surface area contributed by atoms with E-state index in [0.717, 1.165) is 23.8 Å². The molecule has 0 bridgehead atoms. The molecular formula is C25H22F3N3OS. The van der Waals surface area contributed by atoms with E-state index in [0.29, 0.717) is 28.8 Å². The molecule has 0 unspecified atom stereocenters. The highest BCUT2D eigenvalue weighted by Gasteiger charge is 2.30. The van der Waals surface area contributed by atoms with E-state index in [1.54, 1.807) is 13.2 Å². The molecule has 3 aromatic carbocycles. The zero-order valence-electron chi connectivity index (χ0n) is 17.9. The molecule has 0 amide bonds. The minimum Gasteiger partial charge on any atom is -0.497 e. The van der Waals surface area contributed by atoms with Crippen LogP contribution in [-0.4, -0.2) is 21.9 Å². The predicted molar refractivity (Wildman–Crippen MR) is 123 cm³/mol. The second kappa shape index (κ2) is 10.1. The number of aryl methyl sites for hydroxylation is 1. The van der Waals surface area contributed by atoms with Crippen LogP contribution in [0, 0.1) is 0 Å². The van der Waals surface area contributed by atoms with Crippen LogP contribution in [0.3, 0.4) is 0 Å². The summed E-state index contributed by atoms with van der Waals surface area (Å²) in [6.07, 6.45) is -3.59. The van der Waals surface area contributed by atoms with Gasteiger partial charge in [-0.15, -0.1) is 10.2 Å². The molecule has 0 saturated carbocycles. The van der Waals surface area contributed by atoms with Gasteiger partial charge in [-0.2, -0.15) is 13.2 Å². The average Bonchev–Trinajstić information content (AvgIpc) is 3.24. The van der Waals surface area contributed by atoms with Crippen LogP contribution >= 0.6 is 11.8 Å². The number of rotatable bonds is 8. The number of alkyl halides is 3. The van der Waals surface area contributed by atoms with Crippen molar-refractivity contribution in [1.82, 2.24) is 14.8 Å². The maximum Gasteiger partial charge on any atom is 0.416 e. The summed E-state index contributed by atoms with van der Waals surface area (Å²) in [5.74, 6) is 1.81. The van der Waals surface area contributed by atoms with E-state index >= 15 is 0 Å². The lowest BCUT2D eigenvalue weighted by Crippen LogP contribution is -2.06. The van der Waals surface area contributed by atoms with Gasteiger partial charge in [0.05, 0.1) is 12.7 Å². The maximum absolute atomic E-state index is 13.1. The largest absolute Gasteiger partial charge is 0.497 e. The Bertz CT molecular complexity index is 1190. The Morgan fingerprint density at radius 3 is 2.30 bits per heavy atom. The van der Waals surface area contributed by atoms with Crippen LogP contribution in [-0.2, 0) is 24.9 Å². The molecule has 170 valence electrons. The van der Waals surface area contributed by atoms with Gasteiger partial charge < -0.3 is 9.30 Å². The van der Waals surface area contributed by atoms with E-state index < -0.39 is 11.7 Å². The second-order valence-electron chi connectivity index (χ2n) is 7.41. The van der Waals surface area contributed by atoms with Gasteiger partial charge in [-0.05, 0) is 47.9 Å². The number of thioether (sulfide) groups is 1. The number of hydrogen-bond donors (Lipinski definition) is 0. The zero-order chi connectivity index (χ0) is 23.3. The quantitative estimate of drug-likeness (QED) is 0.276. The smallest absolute Gasteiger partial charge is 0.416 e. The molecule has 0 atom stereocenters. The molecule has 1 aromatic heterocycles. The maximum atomic E-state index is 13.1. The van der Waals surface area contributed by atoms with Gasteiger partial charge in [0.2, 0.25) is 0 Å². The lowest BCUT2D eigenvalue weighted by atomic mass is 10.1. The molecule has 4 nitrogen and oxygen atoms in total.